The fourth-order valence-electron chi connectivity index (χ4n) is 6.33. The van der Waals surface area contributed by atoms with Crippen molar-refractivity contribution in [1.29, 1.82) is 0 Å². The summed E-state index contributed by atoms with van der Waals surface area (Å²) in [6, 6.07) is 18.4. The van der Waals surface area contributed by atoms with Crippen molar-refractivity contribution in [3.8, 4) is 5.75 Å². The van der Waals surface area contributed by atoms with E-state index >= 15 is 0 Å². The van der Waals surface area contributed by atoms with Crippen molar-refractivity contribution < 1.29 is 19.1 Å². The predicted molar refractivity (Wildman–Crippen MR) is 206 cm³/mol. The lowest BCUT2D eigenvalue weighted by molar-refractivity contribution is -0.124. The highest BCUT2D eigenvalue weighted by atomic mass is 16.6. The second kappa shape index (κ2) is 15.9. The van der Waals surface area contributed by atoms with Gasteiger partial charge in [-0.3, -0.25) is 4.79 Å². The quantitative estimate of drug-likeness (QED) is 0.101. The van der Waals surface area contributed by atoms with Crippen molar-refractivity contribution in [3.05, 3.63) is 101 Å². The minimum Gasteiger partial charge on any atom is -0.490 e. The van der Waals surface area contributed by atoms with E-state index in [1.165, 1.54) is 12.4 Å². The molecule has 5 rings (SSSR count). The minimum absolute atomic E-state index is 0.0858. The van der Waals surface area contributed by atoms with Gasteiger partial charge >= 0.3 is 6.09 Å². The van der Waals surface area contributed by atoms with E-state index in [0.717, 1.165) is 51.5 Å². The van der Waals surface area contributed by atoms with Gasteiger partial charge in [0.25, 0.3) is 0 Å². The maximum Gasteiger partial charge on any atom is 0.408 e. The van der Waals surface area contributed by atoms with Crippen molar-refractivity contribution in [2.45, 2.75) is 80.0 Å². The van der Waals surface area contributed by atoms with E-state index in [9.17, 15) is 9.59 Å². The number of nitrogens with zero attached hydrogens (tertiary/aromatic N) is 3. The summed E-state index contributed by atoms with van der Waals surface area (Å²) in [4.78, 5) is 35.1. The second-order valence-corrected chi connectivity index (χ2v) is 14.7. The molecule has 1 aromatic heterocycles. The van der Waals surface area contributed by atoms with Gasteiger partial charge in [0.15, 0.2) is 0 Å². The topological polar surface area (TPSA) is 156 Å². The number of alkyl carbamates (subject to hydrolysis) is 1. The molecule has 3 aromatic carbocycles. The Morgan fingerprint density at radius 3 is 2.48 bits per heavy atom. The van der Waals surface area contributed by atoms with Gasteiger partial charge in [-0.1, -0.05) is 50.2 Å². The number of carbonyl (C=O) groups excluding carboxylic acids is 2. The molecule has 1 atom stereocenters. The maximum absolute atomic E-state index is 14.3. The van der Waals surface area contributed by atoms with Gasteiger partial charge in [0.2, 0.25) is 5.91 Å². The molecular formula is C40H52N8O4. The van der Waals surface area contributed by atoms with Gasteiger partial charge in [0.1, 0.15) is 23.8 Å². The van der Waals surface area contributed by atoms with Crippen LogP contribution in [0.3, 0.4) is 0 Å². The summed E-state index contributed by atoms with van der Waals surface area (Å²) in [6.45, 7) is 18.1. The first-order valence-corrected chi connectivity index (χ1v) is 17.7. The zero-order valence-corrected chi connectivity index (χ0v) is 31.5. The number of amides is 2. The number of nitrogens with two attached hydrogens (primary N) is 1. The van der Waals surface area contributed by atoms with Crippen LogP contribution in [0.15, 0.2) is 67.0 Å². The highest BCUT2D eigenvalue weighted by Crippen LogP contribution is 2.45. The minimum atomic E-state index is -0.964. The fraction of sp³-hybridized carbons (Fsp3) is 0.400. The molecule has 1 aliphatic heterocycles. The molecule has 0 bridgehead atoms. The zero-order valence-electron chi connectivity index (χ0n) is 31.5. The summed E-state index contributed by atoms with van der Waals surface area (Å²) in [6.07, 6.45) is 2.52. The number of hydrogen-bond donors (Lipinski definition) is 5. The Balaban J connectivity index is 1.44. The molecule has 52 heavy (non-hydrogen) atoms. The lowest BCUT2D eigenvalue weighted by atomic mass is 9.69. The van der Waals surface area contributed by atoms with E-state index in [1.54, 1.807) is 20.8 Å². The van der Waals surface area contributed by atoms with Crippen LogP contribution in [0.25, 0.3) is 0 Å². The van der Waals surface area contributed by atoms with Gasteiger partial charge in [-0.15, -0.1) is 0 Å². The summed E-state index contributed by atoms with van der Waals surface area (Å²) in [5.41, 5.74) is 16.7. The molecule has 2 heterocycles. The molecule has 0 radical (unpaired) electrons. The van der Waals surface area contributed by atoms with Gasteiger partial charge in [0, 0.05) is 19.0 Å². The predicted octanol–water partition coefficient (Wildman–Crippen LogP) is 7.15. The van der Waals surface area contributed by atoms with Crippen molar-refractivity contribution in [2.24, 2.45) is 5.41 Å². The number of aromatic nitrogens is 2. The number of nitrogens with one attached hydrogen (secondary N) is 4. The number of benzene rings is 3. The average molecular weight is 709 g/mol. The van der Waals surface area contributed by atoms with Crippen LogP contribution in [-0.4, -0.2) is 52.3 Å². The van der Waals surface area contributed by atoms with Gasteiger partial charge in [0.05, 0.1) is 53.6 Å². The number of anilines is 4. The normalized spacial score (nSPS) is 13.8. The number of para-hydroxylation sites is 2. The number of hydrazine groups is 1. The Bertz CT molecular complexity index is 1890. The van der Waals surface area contributed by atoms with Gasteiger partial charge < -0.3 is 36.6 Å². The monoisotopic (exact) mass is 708 g/mol. The molecular weight excluding hydrogens is 656 g/mol. The molecule has 2 amide bonds. The third kappa shape index (κ3) is 9.10. The first-order chi connectivity index (χ1) is 24.7. The largest absolute Gasteiger partial charge is 0.490 e. The van der Waals surface area contributed by atoms with Crippen LogP contribution in [0.1, 0.15) is 81.1 Å². The molecule has 6 N–H and O–H groups in total. The van der Waals surface area contributed by atoms with Crippen molar-refractivity contribution in [3.63, 3.8) is 0 Å². The number of aryl methyl sites for hydroxylation is 1. The van der Waals surface area contributed by atoms with E-state index in [4.69, 9.17) is 15.2 Å². The smallest absolute Gasteiger partial charge is 0.408 e. The van der Waals surface area contributed by atoms with E-state index in [2.05, 4.69) is 67.5 Å². The molecule has 1 aliphatic rings. The molecule has 12 nitrogen and oxygen atoms in total. The third-order valence-corrected chi connectivity index (χ3v) is 9.15. The number of rotatable bonds is 11. The Hall–Kier alpha value is -5.36. The van der Waals surface area contributed by atoms with Crippen LogP contribution < -0.4 is 31.8 Å². The summed E-state index contributed by atoms with van der Waals surface area (Å²) >= 11 is 0. The molecule has 0 saturated carbocycles. The number of carbonyl (C=O) groups is 2. The van der Waals surface area contributed by atoms with Gasteiger partial charge in [-0.25, -0.2) is 19.8 Å². The third-order valence-electron chi connectivity index (χ3n) is 9.15. The standard InChI is InChI=1S/C40H52N8O4/c1-9-42-32-17-16-30(26(3)36(32)41)35(27-15-14-25(2)28(20-27)24-48-18-19-51-33-13-11-10-12-31(33)47-48)40(7,8)37(49)46-29-21-43-34(44-22-29)23-45-38(50)52-39(4,5)6/h10-17,20-22,35,42,47H,9,18-19,23-24,41H2,1-8H3,(H,45,50)(H,46,49)/t35-/m0/s1. The van der Waals surface area contributed by atoms with Crippen molar-refractivity contribution in [1.82, 2.24) is 20.3 Å². The number of ether oxygens (including phenoxy) is 2. The molecule has 0 fully saturated rings. The molecule has 276 valence electrons. The van der Waals surface area contributed by atoms with E-state index in [1.807, 2.05) is 58.0 Å². The SMILES string of the molecule is CCNc1ccc([C@H](c2ccc(C)c(CN3CCOc4ccccc4N3)c2)C(C)(C)C(=O)Nc2cnc(CNC(=O)OC(C)(C)C)nc2)c(C)c1N. The lowest BCUT2D eigenvalue weighted by Gasteiger charge is -2.36. The van der Waals surface area contributed by atoms with Crippen LogP contribution in [0.4, 0.5) is 27.5 Å². The number of nitrogen functional groups attached to an aromatic ring is 1. The molecule has 0 aliphatic carbocycles. The molecule has 4 aromatic rings. The summed E-state index contributed by atoms with van der Waals surface area (Å²) in [5.74, 6) is 0.632. The van der Waals surface area contributed by atoms with Crippen LogP contribution in [-0.2, 0) is 22.6 Å². The Morgan fingerprint density at radius 2 is 1.77 bits per heavy atom. The lowest BCUT2D eigenvalue weighted by Crippen LogP contribution is -2.37. The van der Waals surface area contributed by atoms with Crippen LogP contribution in [0, 0.1) is 19.3 Å². The highest BCUT2D eigenvalue weighted by molar-refractivity contribution is 5.96. The highest BCUT2D eigenvalue weighted by Gasteiger charge is 2.40. The van der Waals surface area contributed by atoms with E-state index in [-0.39, 0.29) is 18.4 Å². The van der Waals surface area contributed by atoms with E-state index in [0.29, 0.717) is 36.9 Å². The Labute approximate surface area is 306 Å². The Morgan fingerprint density at radius 1 is 1.04 bits per heavy atom. The average Bonchev–Trinajstić information content (AvgIpc) is 3.30. The van der Waals surface area contributed by atoms with Crippen molar-refractivity contribution >= 4 is 34.7 Å². The van der Waals surface area contributed by atoms with Crippen molar-refractivity contribution in [2.75, 3.05) is 41.5 Å². The van der Waals surface area contributed by atoms with Crippen LogP contribution in [0.5, 0.6) is 5.75 Å². The number of hydrogen-bond acceptors (Lipinski definition) is 10. The van der Waals surface area contributed by atoms with E-state index < -0.39 is 17.1 Å². The molecule has 0 spiro atoms. The molecule has 0 unspecified atom stereocenters. The first kappa shape index (κ1) is 37.9. The fourth-order valence-corrected chi connectivity index (χ4v) is 6.33. The van der Waals surface area contributed by atoms with Gasteiger partial charge in [-0.2, -0.15) is 0 Å². The first-order valence-electron chi connectivity index (χ1n) is 17.7. The van der Waals surface area contributed by atoms with Gasteiger partial charge in [-0.05, 0) is 87.6 Å². The van der Waals surface area contributed by atoms with Crippen LogP contribution in [0.2, 0.25) is 0 Å². The maximum atomic E-state index is 14.3. The second-order valence-electron chi connectivity index (χ2n) is 14.7. The van der Waals surface area contributed by atoms with Crippen LogP contribution >= 0.6 is 0 Å². The summed E-state index contributed by atoms with van der Waals surface area (Å²) in [5, 5.41) is 11.2. The summed E-state index contributed by atoms with van der Waals surface area (Å²) in [7, 11) is 0. The Kier molecular flexibility index (Phi) is 11.6. The zero-order chi connectivity index (χ0) is 37.6. The summed E-state index contributed by atoms with van der Waals surface area (Å²) < 4.78 is 11.3. The number of fused-ring (bicyclic) bond motifs is 1. The molecule has 12 heteroatoms. The molecule has 0 saturated heterocycles.